The second-order valence-corrected chi connectivity index (χ2v) is 6.62. The van der Waals surface area contributed by atoms with Crippen molar-refractivity contribution in [2.24, 2.45) is 0 Å². The number of aromatic amines is 1. The van der Waals surface area contributed by atoms with Crippen LogP contribution < -0.4 is 10.1 Å². The number of aryl methyl sites for hydroxylation is 1. The van der Waals surface area contributed by atoms with E-state index in [-0.39, 0.29) is 6.04 Å². The predicted octanol–water partition coefficient (Wildman–Crippen LogP) is 4.50. The number of rotatable bonds is 4. The first kappa shape index (κ1) is 15.3. The number of H-pyrrole nitrogens is 1. The van der Waals surface area contributed by atoms with Gasteiger partial charge in [-0.05, 0) is 55.2 Å². The van der Waals surface area contributed by atoms with Gasteiger partial charge < -0.3 is 15.0 Å². The minimum atomic E-state index is 0.224. The Labute approximate surface area is 143 Å². The zero-order valence-electron chi connectivity index (χ0n) is 14.4. The molecule has 3 heteroatoms. The molecule has 0 amide bonds. The second-order valence-electron chi connectivity index (χ2n) is 6.62. The lowest BCUT2D eigenvalue weighted by atomic mass is 9.94. The van der Waals surface area contributed by atoms with Crippen LogP contribution in [0.2, 0.25) is 0 Å². The normalized spacial score (nSPS) is 17.0. The molecule has 2 aromatic carbocycles. The third-order valence-electron chi connectivity index (χ3n) is 4.79. The third-order valence-corrected chi connectivity index (χ3v) is 4.79. The molecule has 0 saturated carbocycles. The van der Waals surface area contributed by atoms with Crippen LogP contribution >= 0.6 is 0 Å². The highest BCUT2D eigenvalue weighted by molar-refractivity contribution is 5.86. The van der Waals surface area contributed by atoms with Crippen molar-refractivity contribution in [2.45, 2.75) is 32.7 Å². The van der Waals surface area contributed by atoms with Crippen molar-refractivity contribution in [1.82, 2.24) is 10.3 Å². The Morgan fingerprint density at radius 2 is 1.96 bits per heavy atom. The number of hydrogen-bond donors (Lipinski definition) is 2. The first-order chi connectivity index (χ1) is 11.8. The summed E-state index contributed by atoms with van der Waals surface area (Å²) in [6.07, 6.45) is 2.11. The highest BCUT2D eigenvalue weighted by Crippen LogP contribution is 2.34. The molecule has 2 heterocycles. The Kier molecular flexibility index (Phi) is 4.03. The maximum atomic E-state index is 5.70. The van der Waals surface area contributed by atoms with Crippen molar-refractivity contribution >= 4 is 10.9 Å². The van der Waals surface area contributed by atoms with Crippen LogP contribution in [0.5, 0.6) is 5.75 Å². The van der Waals surface area contributed by atoms with Gasteiger partial charge in [0.05, 0.1) is 12.6 Å². The first-order valence-electron chi connectivity index (χ1n) is 8.83. The molecule has 0 aliphatic carbocycles. The molecule has 0 saturated heterocycles. The fourth-order valence-corrected chi connectivity index (χ4v) is 3.60. The topological polar surface area (TPSA) is 37.0 Å². The number of ether oxygens (including phenoxy) is 1. The van der Waals surface area contributed by atoms with Gasteiger partial charge in [-0.2, -0.15) is 0 Å². The summed E-state index contributed by atoms with van der Waals surface area (Å²) in [5.41, 5.74) is 6.61. The Morgan fingerprint density at radius 3 is 2.75 bits per heavy atom. The molecule has 0 radical (unpaired) electrons. The molecule has 4 rings (SSSR count). The molecule has 1 aliphatic heterocycles. The fraction of sp³-hybridized carbons (Fsp3) is 0.333. The van der Waals surface area contributed by atoms with E-state index in [4.69, 9.17) is 4.74 Å². The van der Waals surface area contributed by atoms with Crippen LogP contribution in [-0.2, 0) is 6.42 Å². The lowest BCUT2D eigenvalue weighted by molar-refractivity contribution is 0.317. The van der Waals surface area contributed by atoms with Gasteiger partial charge in [0.15, 0.2) is 0 Å². The van der Waals surface area contributed by atoms with Crippen molar-refractivity contribution in [3.05, 3.63) is 64.8 Å². The van der Waals surface area contributed by atoms with Gasteiger partial charge >= 0.3 is 0 Å². The van der Waals surface area contributed by atoms with Crippen LogP contribution in [-0.4, -0.2) is 18.1 Å². The molecule has 0 bridgehead atoms. The van der Waals surface area contributed by atoms with E-state index in [0.717, 1.165) is 31.7 Å². The van der Waals surface area contributed by atoms with E-state index >= 15 is 0 Å². The quantitative estimate of drug-likeness (QED) is 0.742. The first-order valence-corrected chi connectivity index (χ1v) is 8.83. The summed E-state index contributed by atoms with van der Waals surface area (Å²) in [4.78, 5) is 3.65. The highest BCUT2D eigenvalue weighted by Gasteiger charge is 2.25. The van der Waals surface area contributed by atoms with Crippen LogP contribution in [0.25, 0.3) is 10.9 Å². The minimum absolute atomic E-state index is 0.224. The summed E-state index contributed by atoms with van der Waals surface area (Å²) >= 11 is 0. The maximum Gasteiger partial charge on any atom is 0.119 e. The van der Waals surface area contributed by atoms with E-state index in [9.17, 15) is 0 Å². The van der Waals surface area contributed by atoms with Gasteiger partial charge in [0.1, 0.15) is 5.75 Å². The Bertz CT molecular complexity index is 848. The van der Waals surface area contributed by atoms with Crippen LogP contribution in [0.3, 0.4) is 0 Å². The largest absolute Gasteiger partial charge is 0.494 e. The molecule has 2 N–H and O–H groups in total. The summed E-state index contributed by atoms with van der Waals surface area (Å²) in [7, 11) is 0. The van der Waals surface area contributed by atoms with Crippen LogP contribution in [0.1, 0.15) is 41.8 Å². The molecule has 1 aliphatic rings. The zero-order chi connectivity index (χ0) is 16.5. The standard InChI is InChI=1S/C21H24N2O/c1-3-12-24-16-7-5-15(6-8-16)20-21-17(10-11-22-20)18-13-14(2)4-9-19(18)23-21/h4-9,13,20,22-23H,3,10-12H2,1-2H3. The average molecular weight is 320 g/mol. The lowest BCUT2D eigenvalue weighted by Gasteiger charge is -2.25. The predicted molar refractivity (Wildman–Crippen MR) is 98.8 cm³/mol. The van der Waals surface area contributed by atoms with Crippen LogP contribution in [0.15, 0.2) is 42.5 Å². The summed E-state index contributed by atoms with van der Waals surface area (Å²) < 4.78 is 5.70. The lowest BCUT2D eigenvalue weighted by Crippen LogP contribution is -2.30. The molecule has 1 atom stereocenters. The van der Waals surface area contributed by atoms with E-state index in [1.807, 2.05) is 0 Å². The van der Waals surface area contributed by atoms with Crippen molar-refractivity contribution < 1.29 is 4.74 Å². The van der Waals surface area contributed by atoms with Gasteiger partial charge in [-0.25, -0.2) is 0 Å². The molecular weight excluding hydrogens is 296 g/mol. The van der Waals surface area contributed by atoms with Gasteiger partial charge in [0, 0.05) is 23.1 Å². The molecule has 1 aromatic heterocycles. The van der Waals surface area contributed by atoms with Crippen molar-refractivity contribution in [3.8, 4) is 5.75 Å². The zero-order valence-corrected chi connectivity index (χ0v) is 14.4. The van der Waals surface area contributed by atoms with E-state index in [1.54, 1.807) is 0 Å². The monoisotopic (exact) mass is 320 g/mol. The van der Waals surface area contributed by atoms with Crippen molar-refractivity contribution in [1.29, 1.82) is 0 Å². The Morgan fingerprint density at radius 1 is 1.12 bits per heavy atom. The number of hydrogen-bond acceptors (Lipinski definition) is 2. The average Bonchev–Trinajstić information content (AvgIpc) is 2.98. The number of aromatic nitrogens is 1. The summed E-state index contributed by atoms with van der Waals surface area (Å²) in [6.45, 7) is 6.06. The molecular formula is C21H24N2O. The summed E-state index contributed by atoms with van der Waals surface area (Å²) in [6, 6.07) is 15.4. The van der Waals surface area contributed by atoms with Gasteiger partial charge in [-0.3, -0.25) is 0 Å². The second kappa shape index (κ2) is 6.33. The molecule has 3 nitrogen and oxygen atoms in total. The van der Waals surface area contributed by atoms with Crippen LogP contribution in [0, 0.1) is 6.92 Å². The minimum Gasteiger partial charge on any atom is -0.494 e. The molecule has 3 aromatic rings. The number of fused-ring (bicyclic) bond motifs is 3. The van der Waals surface area contributed by atoms with Gasteiger partial charge in [-0.1, -0.05) is 30.7 Å². The smallest absolute Gasteiger partial charge is 0.119 e. The van der Waals surface area contributed by atoms with Gasteiger partial charge in [-0.15, -0.1) is 0 Å². The van der Waals surface area contributed by atoms with Crippen LogP contribution in [0.4, 0.5) is 0 Å². The van der Waals surface area contributed by atoms with E-state index < -0.39 is 0 Å². The van der Waals surface area contributed by atoms with Crippen molar-refractivity contribution in [2.75, 3.05) is 13.2 Å². The maximum absolute atomic E-state index is 5.70. The Hall–Kier alpha value is -2.26. The Balaban J connectivity index is 1.70. The van der Waals surface area contributed by atoms with E-state index in [0.29, 0.717) is 0 Å². The van der Waals surface area contributed by atoms with Crippen molar-refractivity contribution in [3.63, 3.8) is 0 Å². The molecule has 24 heavy (non-hydrogen) atoms. The van der Waals surface area contributed by atoms with Gasteiger partial charge in [0.25, 0.3) is 0 Å². The fourth-order valence-electron chi connectivity index (χ4n) is 3.60. The highest BCUT2D eigenvalue weighted by atomic mass is 16.5. The summed E-state index contributed by atoms with van der Waals surface area (Å²) in [5, 5.41) is 5.03. The van der Waals surface area contributed by atoms with E-state index in [2.05, 4.69) is 66.6 Å². The summed E-state index contributed by atoms with van der Waals surface area (Å²) in [5.74, 6) is 0.948. The molecule has 0 spiro atoms. The SMILES string of the molecule is CCCOc1ccc(C2NCCc3c2[nH]c2ccc(C)cc32)cc1. The molecule has 0 fully saturated rings. The molecule has 1 unspecified atom stereocenters. The number of nitrogens with one attached hydrogen (secondary N) is 2. The van der Waals surface area contributed by atoms with E-state index in [1.165, 1.54) is 33.3 Å². The third kappa shape index (κ3) is 2.69. The number of benzene rings is 2. The van der Waals surface area contributed by atoms with Gasteiger partial charge in [0.2, 0.25) is 0 Å². The molecule has 124 valence electrons.